The molecule has 1 aliphatic heterocycles. The molecular formula is C36H52N4O5Si. The zero-order valence-electron chi connectivity index (χ0n) is 29.0. The van der Waals surface area contributed by atoms with Gasteiger partial charge in [0.1, 0.15) is 23.6 Å². The van der Waals surface area contributed by atoms with Gasteiger partial charge in [-0.2, -0.15) is 0 Å². The maximum Gasteiger partial charge on any atom is 0.410 e. The molecule has 0 unspecified atom stereocenters. The van der Waals surface area contributed by atoms with Crippen molar-refractivity contribution in [2.24, 2.45) is 5.92 Å². The Balaban J connectivity index is 1.45. The van der Waals surface area contributed by atoms with E-state index < -0.39 is 13.7 Å². The van der Waals surface area contributed by atoms with Crippen LogP contribution in [0, 0.1) is 19.8 Å². The van der Waals surface area contributed by atoms with Crippen molar-refractivity contribution in [1.82, 2.24) is 19.8 Å². The van der Waals surface area contributed by atoms with Crippen molar-refractivity contribution in [2.45, 2.75) is 104 Å². The molecule has 2 aliphatic rings. The number of hydrogen-bond donors (Lipinski definition) is 1. The van der Waals surface area contributed by atoms with Gasteiger partial charge in [0.05, 0.1) is 17.7 Å². The van der Waals surface area contributed by atoms with Crippen molar-refractivity contribution < 1.29 is 23.8 Å². The average Bonchev–Trinajstić information content (AvgIpc) is 3.75. The Bertz CT molecular complexity index is 1560. The standard InChI is InChI=1S/C36H52N4O5Si/c1-24-9-12-30(44-22-26-10-11-26)29(21-24)28-13-16-37-32-31(25(2)40(33(28)32)23-43-19-20-46(6,7)8)34(41)38-27-14-17-39(18-15-27)35(42)45-36(3,4)5/h9,12-13,16,21,26-27H,10-11,14-15,17-20,22-23H2,1-8H3,(H,38,41). The Labute approximate surface area is 275 Å². The van der Waals surface area contributed by atoms with Gasteiger partial charge >= 0.3 is 6.09 Å². The van der Waals surface area contributed by atoms with Crippen molar-refractivity contribution in [2.75, 3.05) is 26.3 Å². The lowest BCUT2D eigenvalue weighted by Crippen LogP contribution is -2.47. The van der Waals surface area contributed by atoms with Crippen molar-refractivity contribution >= 4 is 31.1 Å². The summed E-state index contributed by atoms with van der Waals surface area (Å²) < 4.78 is 20.3. The predicted octanol–water partition coefficient (Wildman–Crippen LogP) is 7.55. The number of aryl methyl sites for hydroxylation is 1. The van der Waals surface area contributed by atoms with Crippen molar-refractivity contribution in [3.05, 3.63) is 47.3 Å². The molecule has 0 bridgehead atoms. The molecule has 2 amide bonds. The molecule has 1 saturated carbocycles. The number of nitrogens with one attached hydrogen (secondary N) is 1. The van der Waals surface area contributed by atoms with Gasteiger partial charge in [0.2, 0.25) is 0 Å². The number of piperidine rings is 1. The lowest BCUT2D eigenvalue weighted by atomic mass is 10.0. The van der Waals surface area contributed by atoms with Gasteiger partial charge in [-0.1, -0.05) is 31.3 Å². The van der Waals surface area contributed by atoms with Crippen LogP contribution in [0.5, 0.6) is 5.75 Å². The second-order valence-electron chi connectivity index (χ2n) is 15.3. The summed E-state index contributed by atoms with van der Waals surface area (Å²) in [5.74, 6) is 1.32. The third-order valence-corrected chi connectivity index (χ3v) is 10.4. The Hall–Kier alpha value is -3.37. The van der Waals surface area contributed by atoms with E-state index in [0.29, 0.717) is 62.9 Å². The van der Waals surface area contributed by atoms with Crippen LogP contribution in [0.2, 0.25) is 25.7 Å². The van der Waals surface area contributed by atoms with Gasteiger partial charge in [-0.25, -0.2) is 4.79 Å². The van der Waals surface area contributed by atoms with E-state index in [0.717, 1.165) is 39.7 Å². The summed E-state index contributed by atoms with van der Waals surface area (Å²) in [4.78, 5) is 33.1. The SMILES string of the molecule is Cc1ccc(OCC2CC2)c(-c2ccnc3c(C(=O)NC4CCN(C(=O)OC(C)(C)C)CC4)c(C)n(COCC[Si](C)(C)C)c23)c1. The zero-order valence-corrected chi connectivity index (χ0v) is 30.0. The van der Waals surface area contributed by atoms with Crippen LogP contribution in [0.25, 0.3) is 22.2 Å². The first-order chi connectivity index (χ1) is 21.7. The molecule has 3 aromatic rings. The fraction of sp³-hybridized carbons (Fsp3) is 0.583. The molecule has 0 radical (unpaired) electrons. The Morgan fingerprint density at radius 2 is 1.74 bits per heavy atom. The first kappa shape index (κ1) is 34.0. The number of benzene rings is 1. The molecule has 2 aromatic heterocycles. The Kier molecular flexibility index (Phi) is 10.2. The van der Waals surface area contributed by atoms with Crippen LogP contribution in [0.4, 0.5) is 4.79 Å². The molecule has 250 valence electrons. The van der Waals surface area contributed by atoms with Gasteiger partial charge in [0.15, 0.2) is 0 Å². The number of nitrogens with zero attached hydrogens (tertiary/aromatic N) is 3. The van der Waals surface area contributed by atoms with Crippen LogP contribution >= 0.6 is 0 Å². The molecule has 5 rings (SSSR count). The first-order valence-corrected chi connectivity index (χ1v) is 20.5. The van der Waals surface area contributed by atoms with Crippen LogP contribution in [0.3, 0.4) is 0 Å². The summed E-state index contributed by atoms with van der Waals surface area (Å²) >= 11 is 0. The van der Waals surface area contributed by atoms with Gasteiger partial charge < -0.3 is 29.0 Å². The van der Waals surface area contributed by atoms with Gasteiger partial charge in [-0.15, -0.1) is 0 Å². The number of fused-ring (bicyclic) bond motifs is 1. The zero-order chi connectivity index (χ0) is 33.2. The number of carbonyl (C=O) groups is 2. The normalized spacial score (nSPS) is 16.1. The third-order valence-electron chi connectivity index (χ3n) is 8.72. The van der Waals surface area contributed by atoms with Crippen molar-refractivity contribution in [3.8, 4) is 16.9 Å². The molecule has 1 aromatic carbocycles. The van der Waals surface area contributed by atoms with Gasteiger partial charge in [0, 0.05) is 56.8 Å². The lowest BCUT2D eigenvalue weighted by Gasteiger charge is -2.33. The topological polar surface area (TPSA) is 94.9 Å². The number of likely N-dealkylation sites (tertiary alicyclic amines) is 1. The Morgan fingerprint density at radius 3 is 2.39 bits per heavy atom. The molecule has 3 heterocycles. The van der Waals surface area contributed by atoms with E-state index >= 15 is 0 Å². The van der Waals surface area contributed by atoms with E-state index in [9.17, 15) is 9.59 Å². The average molecular weight is 649 g/mol. The summed E-state index contributed by atoms with van der Waals surface area (Å²) in [5, 5.41) is 3.26. The van der Waals surface area contributed by atoms with Crippen LogP contribution in [-0.2, 0) is 16.2 Å². The fourth-order valence-electron chi connectivity index (χ4n) is 5.83. The smallest absolute Gasteiger partial charge is 0.410 e. The van der Waals surface area contributed by atoms with Gasteiger partial charge in [0.25, 0.3) is 5.91 Å². The molecule has 1 saturated heterocycles. The monoisotopic (exact) mass is 648 g/mol. The summed E-state index contributed by atoms with van der Waals surface area (Å²) in [6.45, 7) is 19.5. The van der Waals surface area contributed by atoms with Gasteiger partial charge in [-0.3, -0.25) is 9.78 Å². The highest BCUT2D eigenvalue weighted by Gasteiger charge is 2.30. The van der Waals surface area contributed by atoms with Crippen molar-refractivity contribution in [3.63, 3.8) is 0 Å². The minimum Gasteiger partial charge on any atom is -0.493 e. The molecule has 10 heteroatoms. The van der Waals surface area contributed by atoms with E-state index in [1.165, 1.54) is 12.8 Å². The van der Waals surface area contributed by atoms with Crippen LogP contribution in [0.1, 0.15) is 68.1 Å². The van der Waals surface area contributed by atoms with Crippen LogP contribution in [0.15, 0.2) is 30.5 Å². The van der Waals surface area contributed by atoms with E-state index in [1.54, 1.807) is 11.1 Å². The van der Waals surface area contributed by atoms with Crippen LogP contribution in [-0.4, -0.2) is 72.5 Å². The van der Waals surface area contributed by atoms with E-state index in [-0.39, 0.29) is 18.0 Å². The highest BCUT2D eigenvalue weighted by atomic mass is 28.3. The highest BCUT2D eigenvalue weighted by Crippen LogP contribution is 2.39. The quantitative estimate of drug-likeness (QED) is 0.170. The predicted molar refractivity (Wildman–Crippen MR) is 185 cm³/mol. The van der Waals surface area contributed by atoms with E-state index in [4.69, 9.17) is 19.2 Å². The molecule has 2 fully saturated rings. The molecule has 1 aliphatic carbocycles. The summed E-state index contributed by atoms with van der Waals surface area (Å²) in [6, 6.07) is 9.32. The molecular weight excluding hydrogens is 597 g/mol. The van der Waals surface area contributed by atoms with E-state index in [2.05, 4.69) is 54.6 Å². The third kappa shape index (κ3) is 8.50. The van der Waals surface area contributed by atoms with Crippen LogP contribution < -0.4 is 10.1 Å². The summed E-state index contributed by atoms with van der Waals surface area (Å²) in [7, 11) is -1.27. The lowest BCUT2D eigenvalue weighted by molar-refractivity contribution is 0.0199. The molecule has 1 N–H and O–H groups in total. The minimum absolute atomic E-state index is 0.0561. The number of carbonyl (C=O) groups excluding carboxylic acids is 2. The summed E-state index contributed by atoms with van der Waals surface area (Å²) in [6.07, 6.45) is 5.24. The number of hydrogen-bond acceptors (Lipinski definition) is 6. The molecule has 9 nitrogen and oxygen atoms in total. The highest BCUT2D eigenvalue weighted by molar-refractivity contribution is 6.76. The Morgan fingerprint density at radius 1 is 1.02 bits per heavy atom. The second-order valence-corrected chi connectivity index (χ2v) is 20.9. The molecule has 0 atom stereocenters. The fourth-order valence-corrected chi connectivity index (χ4v) is 6.59. The van der Waals surface area contributed by atoms with Crippen molar-refractivity contribution in [1.29, 1.82) is 0 Å². The van der Waals surface area contributed by atoms with Gasteiger partial charge in [-0.05, 0) is 90.5 Å². The number of aromatic nitrogens is 2. The number of ether oxygens (including phenoxy) is 3. The first-order valence-electron chi connectivity index (χ1n) is 16.8. The minimum atomic E-state index is -1.27. The maximum absolute atomic E-state index is 14.0. The molecule has 0 spiro atoms. The number of rotatable bonds is 11. The largest absolute Gasteiger partial charge is 0.493 e. The second kappa shape index (κ2) is 13.8. The number of amides is 2. The summed E-state index contributed by atoms with van der Waals surface area (Å²) in [5.41, 5.74) is 5.47. The van der Waals surface area contributed by atoms with E-state index in [1.807, 2.05) is 33.8 Å². The number of pyridine rings is 1. The molecule has 46 heavy (non-hydrogen) atoms. The maximum atomic E-state index is 14.0.